The Morgan fingerprint density at radius 2 is 1.73 bits per heavy atom. The molecule has 0 aliphatic carbocycles. The van der Waals surface area contributed by atoms with E-state index < -0.39 is 40.5 Å². The smallest absolute Gasteiger partial charge is 0.328 e. The first-order chi connectivity index (χ1) is 15.4. The number of ether oxygens (including phenoxy) is 3. The molecule has 33 heavy (non-hydrogen) atoms. The second-order valence-corrected chi connectivity index (χ2v) is 8.58. The SMILES string of the molecule is COC1(/C=C/C(=O)O)OCC(C)(C)[C@H](C(=O)NCCC(=O)NCCSC(=O)/C=C/C(=O)O)O1. The Morgan fingerprint density at radius 1 is 1.06 bits per heavy atom. The maximum Gasteiger partial charge on any atom is 0.328 e. The first-order valence-electron chi connectivity index (χ1n) is 9.82. The van der Waals surface area contributed by atoms with Gasteiger partial charge in [-0.3, -0.25) is 14.4 Å². The zero-order valence-electron chi connectivity index (χ0n) is 18.5. The lowest BCUT2D eigenvalue weighted by Gasteiger charge is -2.45. The first-order valence-corrected chi connectivity index (χ1v) is 10.8. The minimum Gasteiger partial charge on any atom is -0.478 e. The summed E-state index contributed by atoms with van der Waals surface area (Å²) in [5.74, 6) is -4.91. The maximum absolute atomic E-state index is 12.7. The maximum atomic E-state index is 12.7. The quantitative estimate of drug-likeness (QED) is 0.213. The molecule has 1 aliphatic heterocycles. The van der Waals surface area contributed by atoms with Gasteiger partial charge in [0.25, 0.3) is 0 Å². The predicted molar refractivity (Wildman–Crippen MR) is 116 cm³/mol. The minimum absolute atomic E-state index is 0.0137. The largest absolute Gasteiger partial charge is 0.478 e. The highest BCUT2D eigenvalue weighted by atomic mass is 32.2. The first kappa shape index (κ1) is 28.3. The van der Waals surface area contributed by atoms with Crippen molar-refractivity contribution in [2.24, 2.45) is 5.41 Å². The zero-order valence-corrected chi connectivity index (χ0v) is 19.3. The van der Waals surface area contributed by atoms with Crippen molar-refractivity contribution in [3.63, 3.8) is 0 Å². The zero-order chi connectivity index (χ0) is 25.1. The van der Waals surface area contributed by atoms with Gasteiger partial charge in [-0.15, -0.1) is 0 Å². The molecule has 0 aromatic carbocycles. The highest BCUT2D eigenvalue weighted by molar-refractivity contribution is 8.14. The molecule has 1 unspecified atom stereocenters. The minimum atomic E-state index is -1.83. The molecule has 12 nitrogen and oxygen atoms in total. The number of hydrogen-bond donors (Lipinski definition) is 4. The number of carbonyl (C=O) groups excluding carboxylic acids is 3. The van der Waals surface area contributed by atoms with Gasteiger partial charge in [-0.1, -0.05) is 25.6 Å². The van der Waals surface area contributed by atoms with E-state index in [0.29, 0.717) is 0 Å². The summed E-state index contributed by atoms with van der Waals surface area (Å²) in [6, 6.07) is 0. The fourth-order valence-electron chi connectivity index (χ4n) is 2.57. The highest BCUT2D eigenvalue weighted by Crippen LogP contribution is 2.36. The lowest BCUT2D eigenvalue weighted by Crippen LogP contribution is -2.58. The molecule has 1 fully saturated rings. The Labute approximate surface area is 194 Å². The van der Waals surface area contributed by atoms with Gasteiger partial charge in [0.1, 0.15) is 6.10 Å². The van der Waals surface area contributed by atoms with Crippen LogP contribution >= 0.6 is 11.8 Å². The van der Waals surface area contributed by atoms with E-state index in [1.807, 2.05) is 0 Å². The summed E-state index contributed by atoms with van der Waals surface area (Å²) in [6.45, 7) is 3.71. The topological polar surface area (TPSA) is 178 Å². The van der Waals surface area contributed by atoms with Crippen LogP contribution in [0, 0.1) is 5.41 Å². The number of amides is 2. The molecule has 184 valence electrons. The van der Waals surface area contributed by atoms with Crippen molar-refractivity contribution in [2.75, 3.05) is 32.6 Å². The Balaban J connectivity index is 2.48. The van der Waals surface area contributed by atoms with Crippen molar-refractivity contribution in [3.8, 4) is 0 Å². The molecule has 0 spiro atoms. The number of carbonyl (C=O) groups is 5. The van der Waals surface area contributed by atoms with Gasteiger partial charge in [0.15, 0.2) is 0 Å². The molecule has 0 radical (unpaired) electrons. The van der Waals surface area contributed by atoms with Crippen LogP contribution in [-0.2, 0) is 38.2 Å². The molecular formula is C20H28N2O10S. The van der Waals surface area contributed by atoms with E-state index in [9.17, 15) is 24.0 Å². The van der Waals surface area contributed by atoms with Gasteiger partial charge in [0.2, 0.25) is 16.9 Å². The van der Waals surface area contributed by atoms with Crippen LogP contribution in [0.25, 0.3) is 0 Å². The van der Waals surface area contributed by atoms with Crippen LogP contribution in [0.15, 0.2) is 24.3 Å². The Hall–Kier alpha value is -2.74. The van der Waals surface area contributed by atoms with Gasteiger partial charge in [-0.25, -0.2) is 9.59 Å². The van der Waals surface area contributed by atoms with Crippen LogP contribution in [0.5, 0.6) is 0 Å². The molecular weight excluding hydrogens is 460 g/mol. The van der Waals surface area contributed by atoms with E-state index in [-0.39, 0.29) is 37.8 Å². The monoisotopic (exact) mass is 488 g/mol. The average molecular weight is 489 g/mol. The molecule has 0 bridgehead atoms. The summed E-state index contributed by atoms with van der Waals surface area (Å²) in [6.07, 6.45) is 2.43. The Bertz CT molecular complexity index is 811. The van der Waals surface area contributed by atoms with E-state index in [1.54, 1.807) is 13.8 Å². The summed E-state index contributed by atoms with van der Waals surface area (Å²) in [5.41, 5.74) is -0.760. The highest BCUT2D eigenvalue weighted by Gasteiger charge is 2.49. The number of rotatable bonds is 12. The molecule has 0 aromatic heterocycles. The molecule has 4 N–H and O–H groups in total. The fraction of sp³-hybridized carbons (Fsp3) is 0.550. The van der Waals surface area contributed by atoms with E-state index in [1.165, 1.54) is 7.11 Å². The fourth-order valence-corrected chi connectivity index (χ4v) is 3.14. The summed E-state index contributed by atoms with van der Waals surface area (Å²) < 4.78 is 16.3. The molecule has 1 aliphatic rings. The van der Waals surface area contributed by atoms with E-state index >= 15 is 0 Å². The predicted octanol–water partition coefficient (Wildman–Crippen LogP) is -0.108. The standard InChI is InChI=1S/C20H28N2O10S/c1-19(2)12-31-20(30-3,8-6-15(26)27)32-17(19)18(29)22-9-7-13(23)21-10-11-33-16(28)5-4-14(24)25/h4-6,8,17H,7,9-12H2,1-3H3,(H,21,23)(H,22,29)(H,24,25)(H,26,27)/b5-4+,8-6+/t17-,20?/m0/s1. The van der Waals surface area contributed by atoms with Gasteiger partial charge in [0, 0.05) is 56.0 Å². The molecule has 1 rings (SSSR count). The van der Waals surface area contributed by atoms with Crippen LogP contribution < -0.4 is 10.6 Å². The summed E-state index contributed by atoms with van der Waals surface area (Å²) in [5, 5.41) is 22.0. The molecule has 2 atom stereocenters. The van der Waals surface area contributed by atoms with Crippen molar-refractivity contribution in [1.82, 2.24) is 10.6 Å². The van der Waals surface area contributed by atoms with Gasteiger partial charge in [0.05, 0.1) is 6.61 Å². The molecule has 1 saturated heterocycles. The number of thioether (sulfide) groups is 1. The summed E-state index contributed by atoms with van der Waals surface area (Å²) in [4.78, 5) is 57.1. The number of carboxylic acid groups (broad SMARTS) is 2. The average Bonchev–Trinajstić information content (AvgIpc) is 2.74. The van der Waals surface area contributed by atoms with E-state index in [2.05, 4.69) is 10.6 Å². The molecule has 0 aromatic rings. The van der Waals surface area contributed by atoms with E-state index in [0.717, 1.165) is 36.1 Å². The van der Waals surface area contributed by atoms with Crippen molar-refractivity contribution >= 4 is 40.6 Å². The third-order valence-corrected chi connectivity index (χ3v) is 5.10. The van der Waals surface area contributed by atoms with Crippen molar-refractivity contribution in [1.29, 1.82) is 0 Å². The second-order valence-electron chi connectivity index (χ2n) is 7.48. The van der Waals surface area contributed by atoms with Crippen LogP contribution in [0.1, 0.15) is 20.3 Å². The van der Waals surface area contributed by atoms with E-state index in [4.69, 9.17) is 24.4 Å². The summed E-state index contributed by atoms with van der Waals surface area (Å²) in [7, 11) is 1.25. The molecule has 13 heteroatoms. The van der Waals surface area contributed by atoms with Crippen molar-refractivity contribution in [2.45, 2.75) is 32.3 Å². The van der Waals surface area contributed by atoms with Gasteiger partial charge >= 0.3 is 17.9 Å². The number of methoxy groups -OCH3 is 1. The number of carboxylic acids is 2. The molecule has 2 amide bonds. The van der Waals surface area contributed by atoms with Gasteiger partial charge in [-0.2, -0.15) is 0 Å². The van der Waals surface area contributed by atoms with Crippen LogP contribution in [0.2, 0.25) is 0 Å². The normalized spacial score (nSPS) is 22.2. The van der Waals surface area contributed by atoms with Gasteiger partial charge < -0.3 is 35.1 Å². The number of hydrogen-bond acceptors (Lipinski definition) is 9. The molecule has 1 heterocycles. The van der Waals surface area contributed by atoms with Crippen molar-refractivity contribution in [3.05, 3.63) is 24.3 Å². The Kier molecular flexibility index (Phi) is 11.2. The second kappa shape index (κ2) is 13.1. The number of nitrogens with one attached hydrogen (secondary N) is 2. The van der Waals surface area contributed by atoms with Crippen LogP contribution in [0.3, 0.4) is 0 Å². The molecule has 0 saturated carbocycles. The third kappa shape index (κ3) is 10.2. The van der Waals surface area contributed by atoms with Crippen LogP contribution in [-0.4, -0.2) is 83.7 Å². The van der Waals surface area contributed by atoms with Crippen molar-refractivity contribution < 1.29 is 48.4 Å². The number of aliphatic carboxylic acids is 2. The van der Waals surface area contributed by atoms with Crippen LogP contribution in [0.4, 0.5) is 0 Å². The van der Waals surface area contributed by atoms with Gasteiger partial charge in [-0.05, 0) is 6.08 Å². The lowest BCUT2D eigenvalue weighted by molar-refractivity contribution is -0.396. The Morgan fingerprint density at radius 3 is 2.33 bits per heavy atom. The lowest BCUT2D eigenvalue weighted by atomic mass is 9.85. The summed E-state index contributed by atoms with van der Waals surface area (Å²) >= 11 is 0.859. The third-order valence-electron chi connectivity index (χ3n) is 4.27.